The topological polar surface area (TPSA) is 85.3 Å². The van der Waals surface area contributed by atoms with Gasteiger partial charge >= 0.3 is 0 Å². The van der Waals surface area contributed by atoms with Gasteiger partial charge in [0.1, 0.15) is 5.75 Å². The fourth-order valence-corrected chi connectivity index (χ4v) is 3.46. The van der Waals surface area contributed by atoms with Crippen LogP contribution in [-0.2, 0) is 16.0 Å². The predicted molar refractivity (Wildman–Crippen MR) is 121 cm³/mol. The van der Waals surface area contributed by atoms with Gasteiger partial charge in [0.05, 0.1) is 25.4 Å². The summed E-state index contributed by atoms with van der Waals surface area (Å²) in [4.78, 5) is 26.6. The molecule has 0 unspecified atom stereocenters. The summed E-state index contributed by atoms with van der Waals surface area (Å²) in [5.74, 6) is 0.221. The van der Waals surface area contributed by atoms with E-state index in [9.17, 15) is 14.7 Å². The zero-order valence-electron chi connectivity index (χ0n) is 18.7. The number of aliphatic hydroxyl groups is 1. The average Bonchev–Trinajstić information content (AvgIpc) is 3.01. The van der Waals surface area contributed by atoms with Gasteiger partial charge in [-0.05, 0) is 62.1 Å². The molecule has 1 aliphatic rings. The summed E-state index contributed by atoms with van der Waals surface area (Å²) in [6.45, 7) is 7.56. The van der Waals surface area contributed by atoms with E-state index >= 15 is 0 Å². The summed E-state index contributed by atoms with van der Waals surface area (Å²) < 4.78 is 16.8. The van der Waals surface area contributed by atoms with Gasteiger partial charge in [-0.25, -0.2) is 0 Å². The van der Waals surface area contributed by atoms with Crippen molar-refractivity contribution in [3.8, 4) is 17.2 Å². The largest absolute Gasteiger partial charge is 0.502 e. The number of imide groups is 1. The van der Waals surface area contributed by atoms with Gasteiger partial charge < -0.3 is 19.3 Å². The van der Waals surface area contributed by atoms with Crippen molar-refractivity contribution in [2.75, 3.05) is 26.4 Å². The standard InChI is InChI=1S/C25H29NO6/c1-4-15-32-19-10-8-18(9-11-19)22-23(27)25(29)26(24(22)28)14-13-17-7-12-20(30-5-2)21(16-17)31-6-3/h7-12,16,27H,4-6,13-15H2,1-3H3. The minimum Gasteiger partial charge on any atom is -0.502 e. The molecular formula is C25H29NO6. The number of carbonyl (C=O) groups is 2. The monoisotopic (exact) mass is 439 g/mol. The minimum atomic E-state index is -0.688. The molecule has 0 radical (unpaired) electrons. The number of hydrogen-bond acceptors (Lipinski definition) is 6. The third-order valence-corrected chi connectivity index (χ3v) is 4.99. The molecule has 0 aromatic heterocycles. The molecule has 0 aliphatic carbocycles. The Kier molecular flexibility index (Phi) is 7.76. The van der Waals surface area contributed by atoms with E-state index in [1.807, 2.05) is 39.0 Å². The number of nitrogens with zero attached hydrogens (tertiary/aromatic N) is 1. The van der Waals surface area contributed by atoms with E-state index in [1.165, 1.54) is 0 Å². The van der Waals surface area contributed by atoms with E-state index in [0.29, 0.717) is 49.1 Å². The van der Waals surface area contributed by atoms with Gasteiger partial charge in [0, 0.05) is 6.54 Å². The second-order valence-electron chi connectivity index (χ2n) is 7.26. The lowest BCUT2D eigenvalue weighted by atomic mass is 10.1. The van der Waals surface area contributed by atoms with Gasteiger partial charge in [-0.3, -0.25) is 14.5 Å². The van der Waals surface area contributed by atoms with Gasteiger partial charge in [-0.15, -0.1) is 0 Å². The molecule has 2 aromatic carbocycles. The molecule has 0 atom stereocenters. The molecule has 7 heteroatoms. The maximum absolute atomic E-state index is 12.9. The van der Waals surface area contributed by atoms with Crippen LogP contribution >= 0.6 is 0 Å². The van der Waals surface area contributed by atoms with Crippen molar-refractivity contribution in [2.45, 2.75) is 33.6 Å². The highest BCUT2D eigenvalue weighted by Crippen LogP contribution is 2.31. The maximum atomic E-state index is 12.9. The summed E-state index contributed by atoms with van der Waals surface area (Å²) in [5.41, 5.74) is 1.38. The molecule has 0 bridgehead atoms. The van der Waals surface area contributed by atoms with E-state index in [4.69, 9.17) is 14.2 Å². The van der Waals surface area contributed by atoms with E-state index < -0.39 is 17.6 Å². The Morgan fingerprint density at radius 3 is 2.19 bits per heavy atom. The molecule has 32 heavy (non-hydrogen) atoms. The van der Waals surface area contributed by atoms with Crippen LogP contribution in [0.2, 0.25) is 0 Å². The number of amides is 2. The number of aliphatic hydroxyl groups excluding tert-OH is 1. The molecule has 7 nitrogen and oxygen atoms in total. The maximum Gasteiger partial charge on any atom is 0.296 e. The third-order valence-electron chi connectivity index (χ3n) is 4.99. The SMILES string of the molecule is CCCOc1ccc(C2=C(O)C(=O)N(CCc3ccc(OCC)c(OCC)c3)C2=O)cc1. The molecule has 0 saturated heterocycles. The third kappa shape index (κ3) is 5.04. The van der Waals surface area contributed by atoms with Gasteiger partial charge in [0.25, 0.3) is 11.8 Å². The van der Waals surface area contributed by atoms with E-state index in [-0.39, 0.29) is 12.1 Å². The molecule has 170 valence electrons. The molecule has 2 aromatic rings. The first-order valence-corrected chi connectivity index (χ1v) is 10.9. The van der Waals surface area contributed by atoms with Crippen LogP contribution in [0.3, 0.4) is 0 Å². The van der Waals surface area contributed by atoms with Crippen molar-refractivity contribution in [3.63, 3.8) is 0 Å². The Bertz CT molecular complexity index is 996. The molecule has 1 heterocycles. The second kappa shape index (κ2) is 10.7. The number of ether oxygens (including phenoxy) is 3. The van der Waals surface area contributed by atoms with Crippen LogP contribution < -0.4 is 14.2 Å². The van der Waals surface area contributed by atoms with Gasteiger partial charge in [0.15, 0.2) is 17.3 Å². The molecule has 1 aliphatic heterocycles. The first-order chi connectivity index (χ1) is 15.5. The smallest absolute Gasteiger partial charge is 0.296 e. The van der Waals surface area contributed by atoms with Crippen LogP contribution in [0.15, 0.2) is 48.2 Å². The molecule has 0 spiro atoms. The Labute approximate surface area is 188 Å². The molecule has 1 N–H and O–H groups in total. The first-order valence-electron chi connectivity index (χ1n) is 10.9. The summed E-state index contributed by atoms with van der Waals surface area (Å²) in [6, 6.07) is 12.3. The minimum absolute atomic E-state index is 0.0127. The van der Waals surface area contributed by atoms with Crippen LogP contribution in [0.25, 0.3) is 5.57 Å². The number of rotatable bonds is 11. The number of carbonyl (C=O) groups excluding carboxylic acids is 2. The normalized spacial score (nSPS) is 13.7. The number of hydrogen-bond donors (Lipinski definition) is 1. The summed E-state index contributed by atoms with van der Waals surface area (Å²) in [7, 11) is 0. The first kappa shape index (κ1) is 23.2. The molecular weight excluding hydrogens is 410 g/mol. The van der Waals surface area contributed by atoms with Gasteiger partial charge in [-0.2, -0.15) is 0 Å². The Hall–Kier alpha value is -3.48. The van der Waals surface area contributed by atoms with Crippen LogP contribution in [0.4, 0.5) is 0 Å². The van der Waals surface area contributed by atoms with E-state index in [0.717, 1.165) is 16.9 Å². The van der Waals surface area contributed by atoms with E-state index in [1.54, 1.807) is 24.3 Å². The fourth-order valence-electron chi connectivity index (χ4n) is 3.46. The Morgan fingerprint density at radius 1 is 0.844 bits per heavy atom. The highest BCUT2D eigenvalue weighted by Gasteiger charge is 2.38. The summed E-state index contributed by atoms with van der Waals surface area (Å²) in [6.07, 6.45) is 1.31. The van der Waals surface area contributed by atoms with Crippen molar-refractivity contribution in [2.24, 2.45) is 0 Å². The van der Waals surface area contributed by atoms with E-state index in [2.05, 4.69) is 0 Å². The molecule has 2 amide bonds. The van der Waals surface area contributed by atoms with Crippen molar-refractivity contribution >= 4 is 17.4 Å². The lowest BCUT2D eigenvalue weighted by molar-refractivity contribution is -0.138. The lowest BCUT2D eigenvalue weighted by Gasteiger charge is -2.16. The number of benzene rings is 2. The second-order valence-corrected chi connectivity index (χ2v) is 7.26. The molecule has 0 saturated carbocycles. The van der Waals surface area contributed by atoms with Crippen LogP contribution in [0, 0.1) is 0 Å². The fraction of sp³-hybridized carbons (Fsp3) is 0.360. The van der Waals surface area contributed by atoms with Gasteiger partial charge in [0.2, 0.25) is 0 Å². The van der Waals surface area contributed by atoms with Gasteiger partial charge in [-0.1, -0.05) is 25.1 Å². The van der Waals surface area contributed by atoms with Crippen LogP contribution in [0.1, 0.15) is 38.3 Å². The van der Waals surface area contributed by atoms with Crippen molar-refractivity contribution in [1.82, 2.24) is 4.90 Å². The average molecular weight is 440 g/mol. The van der Waals surface area contributed by atoms with Crippen molar-refractivity contribution in [1.29, 1.82) is 0 Å². The Morgan fingerprint density at radius 2 is 1.53 bits per heavy atom. The van der Waals surface area contributed by atoms with Crippen molar-refractivity contribution < 1.29 is 28.9 Å². The zero-order valence-corrected chi connectivity index (χ0v) is 18.7. The summed E-state index contributed by atoms with van der Waals surface area (Å²) >= 11 is 0. The zero-order chi connectivity index (χ0) is 23.1. The summed E-state index contributed by atoms with van der Waals surface area (Å²) in [5, 5.41) is 10.4. The molecule has 0 fully saturated rings. The molecule has 3 rings (SSSR count). The Balaban J connectivity index is 1.71. The van der Waals surface area contributed by atoms with Crippen molar-refractivity contribution in [3.05, 3.63) is 59.4 Å². The highest BCUT2D eigenvalue weighted by molar-refractivity contribution is 6.34. The lowest BCUT2D eigenvalue weighted by Crippen LogP contribution is -2.33. The quantitative estimate of drug-likeness (QED) is 0.530. The van der Waals surface area contributed by atoms with Crippen LogP contribution in [-0.4, -0.2) is 48.2 Å². The highest BCUT2D eigenvalue weighted by atomic mass is 16.5. The van der Waals surface area contributed by atoms with Crippen LogP contribution in [0.5, 0.6) is 17.2 Å². The predicted octanol–water partition coefficient (Wildman–Crippen LogP) is 4.15.